The Balaban J connectivity index is 1.70. The number of nitrogens with zero attached hydrogens (tertiary/aromatic N) is 1. The van der Waals surface area contributed by atoms with Crippen molar-refractivity contribution in [3.8, 4) is 0 Å². The monoisotopic (exact) mass is 256 g/mol. The quantitative estimate of drug-likeness (QED) is 0.796. The lowest BCUT2D eigenvalue weighted by Gasteiger charge is -2.33. The van der Waals surface area contributed by atoms with Gasteiger partial charge in [-0.3, -0.25) is 4.79 Å². The molecule has 2 atom stereocenters. The second kappa shape index (κ2) is 7.07. The van der Waals surface area contributed by atoms with Gasteiger partial charge in [0.25, 0.3) is 0 Å². The predicted molar refractivity (Wildman–Crippen MR) is 68.2 cm³/mol. The van der Waals surface area contributed by atoms with Gasteiger partial charge in [-0.1, -0.05) is 0 Å². The lowest BCUT2D eigenvalue weighted by Crippen LogP contribution is -2.48. The number of carbonyl (C=O) groups excluding carboxylic acids is 1. The van der Waals surface area contributed by atoms with Crippen molar-refractivity contribution in [2.24, 2.45) is 5.73 Å². The van der Waals surface area contributed by atoms with Gasteiger partial charge in [0, 0.05) is 32.7 Å². The van der Waals surface area contributed by atoms with Crippen LogP contribution in [0.1, 0.15) is 32.1 Å². The standard InChI is InChI=1S/C13H24N2O3/c14-9-12-10-15(6-8-18-12)13(16)5-4-11-3-1-2-7-17-11/h11-12H,1-10,14H2/t11-,12+/m0/s1. The van der Waals surface area contributed by atoms with Crippen molar-refractivity contribution in [2.45, 2.75) is 44.3 Å². The molecule has 5 heteroatoms. The van der Waals surface area contributed by atoms with Crippen molar-refractivity contribution in [1.29, 1.82) is 0 Å². The number of morpholine rings is 1. The molecule has 0 bridgehead atoms. The fourth-order valence-corrected chi connectivity index (χ4v) is 2.57. The molecule has 0 saturated carbocycles. The first-order chi connectivity index (χ1) is 8.79. The van der Waals surface area contributed by atoms with E-state index in [9.17, 15) is 4.79 Å². The Morgan fingerprint density at radius 3 is 2.78 bits per heavy atom. The second-order valence-electron chi connectivity index (χ2n) is 5.10. The van der Waals surface area contributed by atoms with Gasteiger partial charge in [-0.05, 0) is 25.7 Å². The normalized spacial score (nSPS) is 29.3. The average molecular weight is 256 g/mol. The lowest BCUT2D eigenvalue weighted by atomic mass is 10.0. The summed E-state index contributed by atoms with van der Waals surface area (Å²) in [4.78, 5) is 14.0. The zero-order valence-electron chi connectivity index (χ0n) is 11.0. The highest BCUT2D eigenvalue weighted by atomic mass is 16.5. The minimum absolute atomic E-state index is 0.00799. The molecule has 2 heterocycles. The summed E-state index contributed by atoms with van der Waals surface area (Å²) in [5, 5.41) is 0. The van der Waals surface area contributed by atoms with Gasteiger partial charge in [0.1, 0.15) is 0 Å². The van der Waals surface area contributed by atoms with Crippen molar-refractivity contribution >= 4 is 5.91 Å². The summed E-state index contributed by atoms with van der Waals surface area (Å²) < 4.78 is 11.1. The number of carbonyl (C=O) groups is 1. The number of hydrogen-bond donors (Lipinski definition) is 1. The van der Waals surface area contributed by atoms with E-state index in [1.165, 1.54) is 6.42 Å². The van der Waals surface area contributed by atoms with Crippen molar-refractivity contribution in [3.05, 3.63) is 0 Å². The highest BCUT2D eigenvalue weighted by Crippen LogP contribution is 2.18. The first kappa shape index (κ1) is 13.8. The summed E-state index contributed by atoms with van der Waals surface area (Å²) >= 11 is 0. The molecule has 104 valence electrons. The maximum Gasteiger partial charge on any atom is 0.222 e. The summed E-state index contributed by atoms with van der Waals surface area (Å²) in [6.45, 7) is 3.27. The Kier molecular flexibility index (Phi) is 5.41. The molecule has 0 aliphatic carbocycles. The first-order valence-electron chi connectivity index (χ1n) is 7.00. The minimum atomic E-state index is 0.00799. The number of amides is 1. The Morgan fingerprint density at radius 2 is 2.06 bits per heavy atom. The van der Waals surface area contributed by atoms with Gasteiger partial charge in [0.15, 0.2) is 0 Å². The van der Waals surface area contributed by atoms with Crippen LogP contribution in [0.25, 0.3) is 0 Å². The van der Waals surface area contributed by atoms with E-state index in [4.69, 9.17) is 15.2 Å². The van der Waals surface area contributed by atoms with Crippen LogP contribution in [0, 0.1) is 0 Å². The van der Waals surface area contributed by atoms with Crippen LogP contribution in [0.4, 0.5) is 0 Å². The highest BCUT2D eigenvalue weighted by Gasteiger charge is 2.24. The average Bonchev–Trinajstić information content (AvgIpc) is 2.46. The number of rotatable bonds is 4. The van der Waals surface area contributed by atoms with Gasteiger partial charge in [-0.25, -0.2) is 0 Å². The van der Waals surface area contributed by atoms with Crippen LogP contribution >= 0.6 is 0 Å². The minimum Gasteiger partial charge on any atom is -0.378 e. The molecule has 5 nitrogen and oxygen atoms in total. The largest absolute Gasteiger partial charge is 0.378 e. The fraction of sp³-hybridized carbons (Fsp3) is 0.923. The third-order valence-electron chi connectivity index (χ3n) is 3.71. The fourth-order valence-electron chi connectivity index (χ4n) is 2.57. The van der Waals surface area contributed by atoms with E-state index in [1.807, 2.05) is 4.90 Å². The van der Waals surface area contributed by atoms with Crippen LogP contribution in [0.2, 0.25) is 0 Å². The summed E-state index contributed by atoms with van der Waals surface area (Å²) in [5.41, 5.74) is 5.57. The summed E-state index contributed by atoms with van der Waals surface area (Å²) in [7, 11) is 0. The molecule has 0 radical (unpaired) electrons. The summed E-state index contributed by atoms with van der Waals surface area (Å²) in [6, 6.07) is 0. The SMILES string of the molecule is NC[C@@H]1CN(C(=O)CC[C@@H]2CCCCO2)CCO1. The molecule has 2 saturated heterocycles. The van der Waals surface area contributed by atoms with Gasteiger partial charge in [0.2, 0.25) is 5.91 Å². The molecule has 0 aromatic heterocycles. The molecule has 0 spiro atoms. The molecule has 2 aliphatic rings. The number of nitrogens with two attached hydrogens (primary N) is 1. The molecular weight excluding hydrogens is 232 g/mol. The van der Waals surface area contributed by atoms with E-state index in [1.54, 1.807) is 0 Å². The third kappa shape index (κ3) is 3.93. The Bertz CT molecular complexity index is 267. The lowest BCUT2D eigenvalue weighted by molar-refractivity contribution is -0.139. The first-order valence-corrected chi connectivity index (χ1v) is 7.00. The summed E-state index contributed by atoms with van der Waals surface area (Å²) in [6.07, 6.45) is 5.22. The van der Waals surface area contributed by atoms with Gasteiger partial charge in [-0.2, -0.15) is 0 Å². The van der Waals surface area contributed by atoms with Crippen LogP contribution in [0.3, 0.4) is 0 Å². The van der Waals surface area contributed by atoms with Crippen LogP contribution in [0.15, 0.2) is 0 Å². The van der Waals surface area contributed by atoms with E-state index < -0.39 is 0 Å². The maximum atomic E-state index is 12.1. The Hall–Kier alpha value is -0.650. The van der Waals surface area contributed by atoms with Crippen molar-refractivity contribution < 1.29 is 14.3 Å². The molecule has 1 amide bonds. The van der Waals surface area contributed by atoms with Crippen LogP contribution < -0.4 is 5.73 Å². The Labute approximate surface area is 109 Å². The Morgan fingerprint density at radius 1 is 1.22 bits per heavy atom. The van der Waals surface area contributed by atoms with Gasteiger partial charge in [0.05, 0.1) is 18.8 Å². The molecule has 2 fully saturated rings. The number of hydrogen-bond acceptors (Lipinski definition) is 4. The van der Waals surface area contributed by atoms with E-state index in [-0.39, 0.29) is 18.1 Å². The zero-order chi connectivity index (χ0) is 12.8. The maximum absolute atomic E-state index is 12.1. The third-order valence-corrected chi connectivity index (χ3v) is 3.71. The predicted octanol–water partition coefficient (Wildman–Crippen LogP) is 0.522. The van der Waals surface area contributed by atoms with Crippen molar-refractivity contribution in [3.63, 3.8) is 0 Å². The molecule has 0 aromatic rings. The number of ether oxygens (including phenoxy) is 2. The molecule has 18 heavy (non-hydrogen) atoms. The topological polar surface area (TPSA) is 64.8 Å². The molecule has 2 aliphatic heterocycles. The van der Waals surface area contributed by atoms with Gasteiger partial charge >= 0.3 is 0 Å². The van der Waals surface area contributed by atoms with Crippen molar-refractivity contribution in [1.82, 2.24) is 4.90 Å². The van der Waals surface area contributed by atoms with E-state index >= 15 is 0 Å². The van der Waals surface area contributed by atoms with Gasteiger partial charge < -0.3 is 20.1 Å². The smallest absolute Gasteiger partial charge is 0.222 e. The second-order valence-corrected chi connectivity index (χ2v) is 5.10. The molecule has 0 aromatic carbocycles. The van der Waals surface area contributed by atoms with E-state index in [0.29, 0.717) is 32.7 Å². The highest BCUT2D eigenvalue weighted by molar-refractivity contribution is 5.76. The van der Waals surface area contributed by atoms with Crippen LogP contribution in [0.5, 0.6) is 0 Å². The zero-order valence-corrected chi connectivity index (χ0v) is 11.0. The molecular formula is C13H24N2O3. The van der Waals surface area contributed by atoms with E-state index in [2.05, 4.69) is 0 Å². The molecule has 2 N–H and O–H groups in total. The molecule has 0 unspecified atom stereocenters. The van der Waals surface area contributed by atoms with Crippen molar-refractivity contribution in [2.75, 3.05) is 32.8 Å². The van der Waals surface area contributed by atoms with Crippen LogP contribution in [-0.2, 0) is 14.3 Å². The van der Waals surface area contributed by atoms with Crippen LogP contribution in [-0.4, -0.2) is 55.9 Å². The van der Waals surface area contributed by atoms with Gasteiger partial charge in [-0.15, -0.1) is 0 Å². The van der Waals surface area contributed by atoms with E-state index in [0.717, 1.165) is 25.9 Å². The summed E-state index contributed by atoms with van der Waals surface area (Å²) in [5.74, 6) is 0.214. The molecule has 2 rings (SSSR count).